The van der Waals surface area contributed by atoms with Gasteiger partial charge in [0.15, 0.2) is 0 Å². The fraction of sp³-hybridized carbons (Fsp3) is 0.267. The van der Waals surface area contributed by atoms with Crippen LogP contribution in [0.2, 0.25) is 0 Å². The Morgan fingerprint density at radius 3 is 2.58 bits per heavy atom. The van der Waals surface area contributed by atoms with E-state index in [0.717, 1.165) is 16.7 Å². The second kappa shape index (κ2) is 6.06. The van der Waals surface area contributed by atoms with Gasteiger partial charge in [-0.2, -0.15) is 0 Å². The van der Waals surface area contributed by atoms with Gasteiger partial charge in [-0.3, -0.25) is 0 Å². The Labute approximate surface area is 122 Å². The third kappa shape index (κ3) is 3.47. The zero-order valence-corrected chi connectivity index (χ0v) is 12.7. The zero-order valence-electron chi connectivity index (χ0n) is 11.2. The first kappa shape index (κ1) is 13.9. The minimum Gasteiger partial charge on any atom is -0.397 e. The molecule has 0 bridgehead atoms. The fourth-order valence-corrected chi connectivity index (χ4v) is 2.37. The Balaban J connectivity index is 2.13. The molecule has 1 unspecified atom stereocenters. The van der Waals surface area contributed by atoms with Crippen LogP contribution in [-0.4, -0.2) is 4.98 Å². The third-order valence-corrected chi connectivity index (χ3v) is 3.71. The van der Waals surface area contributed by atoms with Gasteiger partial charge < -0.3 is 11.1 Å². The molecular weight excluding hydrogens is 302 g/mol. The number of nitrogen functional groups attached to an aromatic ring is 1. The molecule has 2 rings (SSSR count). The van der Waals surface area contributed by atoms with Crippen LogP contribution in [0.4, 0.5) is 11.5 Å². The summed E-state index contributed by atoms with van der Waals surface area (Å²) in [4.78, 5) is 4.29. The van der Waals surface area contributed by atoms with Crippen molar-refractivity contribution in [3.63, 3.8) is 0 Å². The van der Waals surface area contributed by atoms with Gasteiger partial charge in [0.2, 0.25) is 0 Å². The second-order valence-electron chi connectivity index (χ2n) is 4.56. The van der Waals surface area contributed by atoms with Crippen molar-refractivity contribution < 1.29 is 0 Å². The maximum Gasteiger partial charge on any atom is 0.140 e. The summed E-state index contributed by atoms with van der Waals surface area (Å²) in [5.74, 6) is 0.807. The molecule has 1 aromatic heterocycles. The molecule has 0 fully saturated rings. The average molecular weight is 320 g/mol. The minimum absolute atomic E-state index is 0.193. The highest BCUT2D eigenvalue weighted by Crippen LogP contribution is 2.26. The van der Waals surface area contributed by atoms with E-state index in [2.05, 4.69) is 64.3 Å². The van der Waals surface area contributed by atoms with E-state index in [1.807, 2.05) is 6.07 Å². The Kier molecular flexibility index (Phi) is 4.43. The first-order valence-corrected chi connectivity index (χ1v) is 7.16. The summed E-state index contributed by atoms with van der Waals surface area (Å²) in [6, 6.07) is 10.7. The maximum atomic E-state index is 5.68. The molecule has 0 saturated carbocycles. The van der Waals surface area contributed by atoms with Crippen LogP contribution in [0.3, 0.4) is 0 Å². The number of anilines is 2. The topological polar surface area (TPSA) is 50.9 Å². The number of nitrogens with one attached hydrogen (secondary N) is 1. The van der Waals surface area contributed by atoms with Gasteiger partial charge in [-0.25, -0.2) is 4.98 Å². The van der Waals surface area contributed by atoms with Crippen molar-refractivity contribution in [1.82, 2.24) is 4.98 Å². The first-order chi connectivity index (χ1) is 9.10. The lowest BCUT2D eigenvalue weighted by atomic mass is 10.1. The molecule has 0 amide bonds. The predicted molar refractivity (Wildman–Crippen MR) is 84.2 cm³/mol. The van der Waals surface area contributed by atoms with Gasteiger partial charge >= 0.3 is 0 Å². The van der Waals surface area contributed by atoms with Crippen LogP contribution in [-0.2, 0) is 6.42 Å². The monoisotopic (exact) mass is 319 g/mol. The molecular formula is C15H18BrN3. The largest absolute Gasteiger partial charge is 0.397 e. The number of aryl methyl sites for hydroxylation is 1. The van der Waals surface area contributed by atoms with Gasteiger partial charge in [0.05, 0.1) is 16.4 Å². The van der Waals surface area contributed by atoms with Crippen LogP contribution in [0, 0.1) is 0 Å². The number of nitrogens with zero attached hydrogens (tertiary/aromatic N) is 1. The van der Waals surface area contributed by atoms with Crippen LogP contribution in [0.15, 0.2) is 41.0 Å². The Bertz CT molecular complexity index is 552. The number of nitrogens with two attached hydrogens (primary N) is 1. The summed E-state index contributed by atoms with van der Waals surface area (Å²) in [6.45, 7) is 4.28. The molecule has 19 heavy (non-hydrogen) atoms. The third-order valence-electron chi connectivity index (χ3n) is 3.10. The predicted octanol–water partition coefficient (Wildman–Crippen LogP) is 4.16. The van der Waals surface area contributed by atoms with Gasteiger partial charge in [0, 0.05) is 6.04 Å². The molecule has 4 heteroatoms. The molecule has 1 heterocycles. The number of hydrogen-bond acceptors (Lipinski definition) is 3. The molecule has 100 valence electrons. The van der Waals surface area contributed by atoms with Crippen LogP contribution in [0.5, 0.6) is 0 Å². The molecule has 0 aliphatic heterocycles. The highest BCUT2D eigenvalue weighted by atomic mass is 79.9. The molecule has 3 N–H and O–H groups in total. The molecule has 0 radical (unpaired) electrons. The van der Waals surface area contributed by atoms with Crippen molar-refractivity contribution in [3.05, 3.63) is 52.1 Å². The molecule has 3 nitrogen and oxygen atoms in total. The van der Waals surface area contributed by atoms with Crippen molar-refractivity contribution in [3.8, 4) is 0 Å². The molecule has 0 spiro atoms. The Morgan fingerprint density at radius 1 is 1.32 bits per heavy atom. The van der Waals surface area contributed by atoms with Crippen molar-refractivity contribution in [1.29, 1.82) is 0 Å². The van der Waals surface area contributed by atoms with Gasteiger partial charge in [-0.05, 0) is 46.5 Å². The molecule has 1 aromatic carbocycles. The Morgan fingerprint density at radius 2 is 2.00 bits per heavy atom. The van der Waals surface area contributed by atoms with Crippen molar-refractivity contribution in [2.75, 3.05) is 11.1 Å². The number of rotatable bonds is 4. The zero-order chi connectivity index (χ0) is 13.8. The van der Waals surface area contributed by atoms with Gasteiger partial charge in [0.25, 0.3) is 0 Å². The lowest BCUT2D eigenvalue weighted by molar-refractivity contribution is 0.871. The minimum atomic E-state index is 0.193. The van der Waals surface area contributed by atoms with E-state index in [-0.39, 0.29) is 6.04 Å². The van der Waals surface area contributed by atoms with E-state index in [9.17, 15) is 0 Å². The van der Waals surface area contributed by atoms with Crippen LogP contribution < -0.4 is 11.1 Å². The highest BCUT2D eigenvalue weighted by Gasteiger charge is 2.08. The smallest absolute Gasteiger partial charge is 0.140 e. The maximum absolute atomic E-state index is 5.68. The van der Waals surface area contributed by atoms with Gasteiger partial charge in [0.1, 0.15) is 5.82 Å². The van der Waals surface area contributed by atoms with Gasteiger partial charge in [-0.15, -0.1) is 0 Å². The second-order valence-corrected chi connectivity index (χ2v) is 5.41. The summed E-state index contributed by atoms with van der Waals surface area (Å²) >= 11 is 3.47. The fourth-order valence-electron chi connectivity index (χ4n) is 1.89. The standard InChI is InChI=1S/C15H18BrN3/c1-3-11-4-6-12(7-5-11)10(2)19-15-14(16)8-13(17)9-18-15/h4-10H,3,17H2,1-2H3,(H,18,19). The van der Waals surface area contributed by atoms with Crippen LogP contribution in [0.1, 0.15) is 31.0 Å². The van der Waals surface area contributed by atoms with Gasteiger partial charge in [-0.1, -0.05) is 31.2 Å². The van der Waals surface area contributed by atoms with E-state index in [4.69, 9.17) is 5.73 Å². The Hall–Kier alpha value is -1.55. The van der Waals surface area contributed by atoms with E-state index in [1.54, 1.807) is 6.20 Å². The number of halogens is 1. The lowest BCUT2D eigenvalue weighted by Gasteiger charge is -2.16. The van der Waals surface area contributed by atoms with Crippen molar-refractivity contribution >= 4 is 27.4 Å². The number of benzene rings is 1. The average Bonchev–Trinajstić information content (AvgIpc) is 2.42. The summed E-state index contributed by atoms with van der Waals surface area (Å²) in [6.07, 6.45) is 2.72. The quantitative estimate of drug-likeness (QED) is 0.889. The van der Waals surface area contributed by atoms with Crippen LogP contribution >= 0.6 is 15.9 Å². The van der Waals surface area contributed by atoms with Crippen molar-refractivity contribution in [2.24, 2.45) is 0 Å². The number of hydrogen-bond donors (Lipinski definition) is 2. The van der Waals surface area contributed by atoms with E-state index >= 15 is 0 Å². The SMILES string of the molecule is CCc1ccc(C(C)Nc2ncc(N)cc2Br)cc1. The van der Waals surface area contributed by atoms with E-state index in [0.29, 0.717) is 5.69 Å². The summed E-state index contributed by atoms with van der Waals surface area (Å²) < 4.78 is 0.879. The molecule has 0 aliphatic carbocycles. The number of pyridine rings is 1. The van der Waals surface area contributed by atoms with Crippen molar-refractivity contribution in [2.45, 2.75) is 26.3 Å². The summed E-state index contributed by atoms with van der Waals surface area (Å²) in [5, 5.41) is 3.38. The first-order valence-electron chi connectivity index (χ1n) is 6.36. The summed E-state index contributed by atoms with van der Waals surface area (Å²) in [7, 11) is 0. The van der Waals surface area contributed by atoms with Crippen LogP contribution in [0.25, 0.3) is 0 Å². The molecule has 0 saturated heterocycles. The highest BCUT2D eigenvalue weighted by molar-refractivity contribution is 9.10. The lowest BCUT2D eigenvalue weighted by Crippen LogP contribution is -2.08. The van der Waals surface area contributed by atoms with E-state index < -0.39 is 0 Å². The van der Waals surface area contributed by atoms with E-state index in [1.165, 1.54) is 11.1 Å². The molecule has 2 aromatic rings. The normalized spacial score (nSPS) is 12.2. The molecule has 1 atom stereocenters. The number of aromatic nitrogens is 1. The summed E-state index contributed by atoms with van der Waals surface area (Å²) in [5.41, 5.74) is 8.92. The molecule has 0 aliphatic rings.